The van der Waals surface area contributed by atoms with Gasteiger partial charge < -0.3 is 35.6 Å². The Kier molecular flexibility index (Phi) is 7.11. The highest BCUT2D eigenvalue weighted by molar-refractivity contribution is 5.51. The maximum Gasteiger partial charge on any atom is 0.113 e. The molecule has 7 heteroatoms. The van der Waals surface area contributed by atoms with Gasteiger partial charge >= 0.3 is 0 Å². The second-order valence-corrected chi connectivity index (χ2v) is 8.41. The summed E-state index contributed by atoms with van der Waals surface area (Å²) in [5, 5.41) is 39.9. The van der Waals surface area contributed by atoms with Gasteiger partial charge in [-0.05, 0) is 47.7 Å². The molecule has 0 spiro atoms. The van der Waals surface area contributed by atoms with Crippen molar-refractivity contribution in [2.45, 2.75) is 43.4 Å². The van der Waals surface area contributed by atoms with Gasteiger partial charge in [0.2, 0.25) is 0 Å². The zero-order valence-electron chi connectivity index (χ0n) is 17.7. The fourth-order valence-corrected chi connectivity index (χ4v) is 4.09. The third-order valence-electron chi connectivity index (χ3n) is 6.09. The van der Waals surface area contributed by atoms with Crippen molar-refractivity contribution in [2.24, 2.45) is 5.92 Å². The molecule has 0 saturated carbocycles. The average Bonchev–Trinajstić information content (AvgIpc) is 3.33. The molecule has 0 radical (unpaired) electrons. The highest BCUT2D eigenvalue weighted by Gasteiger charge is 2.44. The summed E-state index contributed by atoms with van der Waals surface area (Å²) in [6.45, 7) is 1.02. The Morgan fingerprint density at radius 3 is 2.47 bits per heavy atom. The smallest absolute Gasteiger partial charge is 0.113 e. The number of ether oxygens (including phenoxy) is 2. The van der Waals surface area contributed by atoms with Gasteiger partial charge in [0.05, 0.1) is 13.2 Å². The van der Waals surface area contributed by atoms with Crippen LogP contribution in [0.3, 0.4) is 0 Å². The lowest BCUT2D eigenvalue weighted by Crippen LogP contribution is -2.55. The molecular weight excluding hydrogens is 410 g/mol. The highest BCUT2D eigenvalue weighted by atomic mass is 16.5. The Morgan fingerprint density at radius 2 is 1.78 bits per heavy atom. The molecule has 0 bridgehead atoms. The first-order valence-electron chi connectivity index (χ1n) is 10.8. The fraction of sp³-hybridized carbons (Fsp3) is 0.440. The van der Waals surface area contributed by atoms with E-state index < -0.39 is 37.1 Å². The van der Waals surface area contributed by atoms with Crippen LogP contribution in [0.25, 0.3) is 0 Å². The molecule has 6 atom stereocenters. The van der Waals surface area contributed by atoms with Gasteiger partial charge in [0.1, 0.15) is 30.5 Å². The van der Waals surface area contributed by atoms with Gasteiger partial charge in [-0.1, -0.05) is 36.1 Å². The van der Waals surface area contributed by atoms with Gasteiger partial charge in [0, 0.05) is 23.8 Å². The van der Waals surface area contributed by atoms with Gasteiger partial charge in [-0.2, -0.15) is 0 Å². The summed E-state index contributed by atoms with van der Waals surface area (Å²) >= 11 is 0. The molecule has 2 saturated heterocycles. The van der Waals surface area contributed by atoms with Gasteiger partial charge in [-0.15, -0.1) is 0 Å². The van der Waals surface area contributed by atoms with Crippen LogP contribution in [0.15, 0.2) is 42.5 Å². The molecule has 2 fully saturated rings. The van der Waals surface area contributed by atoms with Crippen molar-refractivity contribution in [3.05, 3.63) is 64.7 Å². The maximum absolute atomic E-state index is 10.4. The molecule has 32 heavy (non-hydrogen) atoms. The number of hydrogen-bond donors (Lipinski definition) is 5. The van der Waals surface area contributed by atoms with Crippen LogP contribution in [-0.2, 0) is 15.9 Å². The van der Waals surface area contributed by atoms with E-state index in [1.54, 1.807) is 12.1 Å². The van der Waals surface area contributed by atoms with Gasteiger partial charge in [-0.3, -0.25) is 0 Å². The van der Waals surface area contributed by atoms with E-state index in [1.165, 1.54) is 0 Å². The lowest BCUT2D eigenvalue weighted by atomic mass is 9.89. The first kappa shape index (κ1) is 22.7. The predicted octanol–water partition coefficient (Wildman–Crippen LogP) is 0.762. The van der Waals surface area contributed by atoms with Crippen molar-refractivity contribution in [3.8, 4) is 11.8 Å². The molecule has 4 rings (SSSR count). The number of anilines is 1. The Morgan fingerprint density at radius 1 is 1.00 bits per heavy atom. The Labute approximate surface area is 187 Å². The van der Waals surface area contributed by atoms with Crippen LogP contribution in [0.1, 0.15) is 34.8 Å². The molecule has 2 aromatic carbocycles. The normalized spacial score (nSPS) is 30.0. The summed E-state index contributed by atoms with van der Waals surface area (Å²) in [7, 11) is 0. The van der Waals surface area contributed by atoms with E-state index in [9.17, 15) is 20.4 Å². The minimum absolute atomic E-state index is 0.305. The first-order valence-corrected chi connectivity index (χ1v) is 10.8. The zero-order valence-corrected chi connectivity index (χ0v) is 17.7. The summed E-state index contributed by atoms with van der Waals surface area (Å²) in [4.78, 5) is 0. The SMILES string of the molecule is Nc1ccc([C@@H]2O[C@H](CO)[C@@H](O)[C@H](O)[C@H]2O)cc1Cc1ccc(C#C[C@@H]2CCOC2)cc1. The molecule has 2 heterocycles. The average molecular weight is 440 g/mol. The van der Waals surface area contributed by atoms with Gasteiger partial charge in [0.15, 0.2) is 0 Å². The van der Waals surface area contributed by atoms with Gasteiger partial charge in [-0.25, -0.2) is 0 Å². The summed E-state index contributed by atoms with van der Waals surface area (Å²) in [6.07, 6.45) is -4.42. The van der Waals surface area contributed by atoms with Gasteiger partial charge in [0.25, 0.3) is 0 Å². The second kappa shape index (κ2) is 10.0. The van der Waals surface area contributed by atoms with Crippen LogP contribution in [0.2, 0.25) is 0 Å². The van der Waals surface area contributed by atoms with E-state index in [2.05, 4.69) is 11.8 Å². The monoisotopic (exact) mass is 439 g/mol. The number of hydrogen-bond acceptors (Lipinski definition) is 7. The first-order chi connectivity index (χ1) is 15.5. The number of benzene rings is 2. The largest absolute Gasteiger partial charge is 0.398 e. The summed E-state index contributed by atoms with van der Waals surface area (Å²) in [6, 6.07) is 13.3. The molecule has 0 aliphatic carbocycles. The third kappa shape index (κ3) is 4.97. The Balaban J connectivity index is 1.49. The standard InChI is InChI=1S/C25H29NO6/c26-20-8-7-18(25-24(30)23(29)22(28)21(13-27)32-25)12-19(20)11-16-4-1-15(2-5-16)3-6-17-9-10-31-14-17/h1-2,4-5,7-8,12,17,21-25,27-30H,9-11,13-14,26H2/t17-,21-,22-,23+,24-,25+/m1/s1. The van der Waals surface area contributed by atoms with Crippen molar-refractivity contribution in [3.63, 3.8) is 0 Å². The second-order valence-electron chi connectivity index (χ2n) is 8.41. The quantitative estimate of drug-likeness (QED) is 0.352. The number of aliphatic hydroxyl groups is 4. The summed E-state index contributed by atoms with van der Waals surface area (Å²) in [5.41, 5.74) is 10.3. The zero-order chi connectivity index (χ0) is 22.7. The van der Waals surface area contributed by atoms with E-state index in [4.69, 9.17) is 15.2 Å². The highest BCUT2D eigenvalue weighted by Crippen LogP contribution is 2.34. The lowest BCUT2D eigenvalue weighted by Gasteiger charge is -2.40. The topological polar surface area (TPSA) is 125 Å². The Bertz CT molecular complexity index is 974. The molecule has 0 aromatic heterocycles. The number of rotatable bonds is 4. The number of nitrogen functional groups attached to an aromatic ring is 1. The van der Waals surface area contributed by atoms with Crippen LogP contribution in [0.5, 0.6) is 0 Å². The van der Waals surface area contributed by atoms with Crippen molar-refractivity contribution in [1.29, 1.82) is 0 Å². The minimum atomic E-state index is -1.42. The predicted molar refractivity (Wildman–Crippen MR) is 119 cm³/mol. The van der Waals surface area contributed by atoms with Crippen LogP contribution in [-0.4, -0.2) is 64.7 Å². The molecule has 0 unspecified atom stereocenters. The van der Waals surface area contributed by atoms with E-state index in [0.717, 1.165) is 29.7 Å². The van der Waals surface area contributed by atoms with E-state index in [-0.39, 0.29) is 0 Å². The third-order valence-corrected chi connectivity index (χ3v) is 6.09. The van der Waals surface area contributed by atoms with Crippen LogP contribution < -0.4 is 5.73 Å². The molecule has 7 nitrogen and oxygen atoms in total. The van der Waals surface area contributed by atoms with E-state index in [0.29, 0.717) is 30.2 Å². The number of aliphatic hydroxyl groups excluding tert-OH is 4. The molecule has 2 aromatic rings. The summed E-state index contributed by atoms with van der Waals surface area (Å²) in [5.74, 6) is 6.76. The van der Waals surface area contributed by atoms with Crippen molar-refractivity contribution in [1.82, 2.24) is 0 Å². The Hall–Kier alpha value is -2.44. The van der Waals surface area contributed by atoms with Crippen LogP contribution in [0, 0.1) is 17.8 Å². The molecule has 2 aliphatic heterocycles. The molecule has 2 aliphatic rings. The van der Waals surface area contributed by atoms with Crippen molar-refractivity contribution >= 4 is 5.69 Å². The van der Waals surface area contributed by atoms with Crippen molar-refractivity contribution in [2.75, 3.05) is 25.6 Å². The van der Waals surface area contributed by atoms with E-state index >= 15 is 0 Å². The van der Waals surface area contributed by atoms with Crippen LogP contribution >= 0.6 is 0 Å². The van der Waals surface area contributed by atoms with Crippen molar-refractivity contribution < 1.29 is 29.9 Å². The molecular formula is C25H29NO6. The maximum atomic E-state index is 10.4. The fourth-order valence-electron chi connectivity index (χ4n) is 4.09. The molecule has 170 valence electrons. The lowest BCUT2D eigenvalue weighted by molar-refractivity contribution is -0.231. The summed E-state index contributed by atoms with van der Waals surface area (Å²) < 4.78 is 11.0. The molecule has 6 N–H and O–H groups in total. The van der Waals surface area contributed by atoms with Crippen LogP contribution in [0.4, 0.5) is 5.69 Å². The van der Waals surface area contributed by atoms with E-state index in [1.807, 2.05) is 30.3 Å². The molecule has 0 amide bonds. The minimum Gasteiger partial charge on any atom is -0.398 e. The number of nitrogens with two attached hydrogens (primary N) is 1.